The Labute approximate surface area is 147 Å². The fourth-order valence-corrected chi connectivity index (χ4v) is 4.44. The van der Waals surface area contributed by atoms with Crippen LogP contribution in [0.4, 0.5) is 5.00 Å². The van der Waals surface area contributed by atoms with Gasteiger partial charge in [0.2, 0.25) is 0 Å². The minimum absolute atomic E-state index is 0.189. The lowest BCUT2D eigenvalue weighted by Gasteiger charge is -2.11. The molecule has 23 heavy (non-hydrogen) atoms. The quantitative estimate of drug-likeness (QED) is 0.847. The summed E-state index contributed by atoms with van der Waals surface area (Å²) in [5, 5.41) is 3.75. The molecule has 0 bridgehead atoms. The lowest BCUT2D eigenvalue weighted by molar-refractivity contribution is 0.100. The van der Waals surface area contributed by atoms with Crippen LogP contribution in [0.3, 0.4) is 0 Å². The molecule has 120 valence electrons. The number of nitrogens with one attached hydrogen (secondary N) is 1. The van der Waals surface area contributed by atoms with Gasteiger partial charge < -0.3 is 11.1 Å². The first kappa shape index (κ1) is 16.3. The third kappa shape index (κ3) is 3.09. The zero-order chi connectivity index (χ0) is 16.6. The largest absolute Gasteiger partial charge is 0.365 e. The number of carbonyl (C=O) groups is 2. The Morgan fingerprint density at radius 3 is 2.65 bits per heavy atom. The van der Waals surface area contributed by atoms with Crippen LogP contribution in [-0.2, 0) is 12.8 Å². The van der Waals surface area contributed by atoms with E-state index in [-0.39, 0.29) is 10.6 Å². The summed E-state index contributed by atoms with van der Waals surface area (Å²) in [4.78, 5) is 25.4. The average molecular weight is 369 g/mol. The highest BCUT2D eigenvalue weighted by molar-refractivity contribution is 7.17. The van der Waals surface area contributed by atoms with E-state index in [2.05, 4.69) is 5.32 Å². The molecular weight excluding hydrogens is 355 g/mol. The molecule has 0 spiro atoms. The van der Waals surface area contributed by atoms with Crippen molar-refractivity contribution in [2.24, 2.45) is 5.73 Å². The van der Waals surface area contributed by atoms with Gasteiger partial charge in [0.15, 0.2) is 0 Å². The van der Waals surface area contributed by atoms with Gasteiger partial charge in [-0.1, -0.05) is 29.3 Å². The number of benzene rings is 1. The SMILES string of the molecule is NC(=O)c1c(NC(=O)c2cccc(Cl)c2Cl)sc2c1CCCC2. The molecule has 0 saturated carbocycles. The third-order valence-electron chi connectivity index (χ3n) is 3.84. The van der Waals surface area contributed by atoms with E-state index in [1.54, 1.807) is 18.2 Å². The van der Waals surface area contributed by atoms with E-state index < -0.39 is 11.8 Å². The predicted octanol–water partition coefficient (Wildman–Crippen LogP) is 4.28. The smallest absolute Gasteiger partial charge is 0.257 e. The monoisotopic (exact) mass is 368 g/mol. The van der Waals surface area contributed by atoms with Crippen LogP contribution >= 0.6 is 34.5 Å². The van der Waals surface area contributed by atoms with Crippen molar-refractivity contribution in [3.63, 3.8) is 0 Å². The number of hydrogen-bond donors (Lipinski definition) is 2. The molecule has 0 atom stereocenters. The maximum Gasteiger partial charge on any atom is 0.257 e. The molecule has 1 aromatic heterocycles. The molecule has 0 saturated heterocycles. The molecule has 0 unspecified atom stereocenters. The van der Waals surface area contributed by atoms with Gasteiger partial charge >= 0.3 is 0 Å². The second-order valence-corrected chi connectivity index (χ2v) is 7.23. The maximum atomic E-state index is 12.5. The molecule has 2 amide bonds. The van der Waals surface area contributed by atoms with Gasteiger partial charge in [0, 0.05) is 4.88 Å². The normalized spacial score (nSPS) is 13.5. The summed E-state index contributed by atoms with van der Waals surface area (Å²) in [6, 6.07) is 4.85. The van der Waals surface area contributed by atoms with E-state index in [9.17, 15) is 9.59 Å². The van der Waals surface area contributed by atoms with Gasteiger partial charge in [-0.3, -0.25) is 9.59 Å². The highest BCUT2D eigenvalue weighted by Gasteiger charge is 2.25. The molecule has 1 aliphatic carbocycles. The van der Waals surface area contributed by atoms with Crippen molar-refractivity contribution >= 4 is 51.4 Å². The summed E-state index contributed by atoms with van der Waals surface area (Å²) in [6.45, 7) is 0. The molecule has 1 aromatic carbocycles. The zero-order valence-corrected chi connectivity index (χ0v) is 14.4. The van der Waals surface area contributed by atoms with Crippen molar-refractivity contribution < 1.29 is 9.59 Å². The number of nitrogens with two attached hydrogens (primary N) is 1. The molecule has 3 N–H and O–H groups in total. The second kappa shape index (κ2) is 6.51. The summed E-state index contributed by atoms with van der Waals surface area (Å²) in [7, 11) is 0. The Hall–Kier alpha value is -1.56. The number of thiophene rings is 1. The van der Waals surface area contributed by atoms with Crippen molar-refractivity contribution in [2.75, 3.05) is 5.32 Å². The molecule has 2 aromatic rings. The Kier molecular flexibility index (Phi) is 4.62. The van der Waals surface area contributed by atoms with Crippen LogP contribution in [0.15, 0.2) is 18.2 Å². The number of anilines is 1. The van der Waals surface area contributed by atoms with Crippen LogP contribution in [0.2, 0.25) is 10.0 Å². The average Bonchev–Trinajstić information content (AvgIpc) is 2.87. The van der Waals surface area contributed by atoms with Gasteiger partial charge in [0.05, 0.1) is 21.2 Å². The molecule has 3 rings (SSSR count). The standard InChI is InChI=1S/C16H14Cl2N2O2S/c17-10-6-3-5-9(13(10)18)15(22)20-16-12(14(19)21)8-4-1-2-7-11(8)23-16/h3,5-6H,1-2,4,7H2,(H2,19,21)(H,20,22). The highest BCUT2D eigenvalue weighted by atomic mass is 35.5. The summed E-state index contributed by atoms with van der Waals surface area (Å²) in [6.07, 6.45) is 3.84. The molecule has 0 aliphatic heterocycles. The fraction of sp³-hybridized carbons (Fsp3) is 0.250. The molecule has 4 nitrogen and oxygen atoms in total. The van der Waals surface area contributed by atoms with Crippen molar-refractivity contribution in [1.82, 2.24) is 0 Å². The van der Waals surface area contributed by atoms with Crippen molar-refractivity contribution in [2.45, 2.75) is 25.7 Å². The summed E-state index contributed by atoms with van der Waals surface area (Å²) in [5.74, 6) is -0.921. The first-order valence-corrected chi connectivity index (χ1v) is 8.76. The number of rotatable bonds is 3. The number of carbonyl (C=O) groups excluding carboxylic acids is 2. The van der Waals surface area contributed by atoms with Gasteiger partial charge in [-0.25, -0.2) is 0 Å². The minimum atomic E-state index is -0.517. The molecular formula is C16H14Cl2N2O2S. The fourth-order valence-electron chi connectivity index (χ4n) is 2.76. The molecule has 1 aliphatic rings. The lowest BCUT2D eigenvalue weighted by Crippen LogP contribution is -2.18. The van der Waals surface area contributed by atoms with Crippen LogP contribution in [-0.4, -0.2) is 11.8 Å². The predicted molar refractivity (Wildman–Crippen MR) is 93.9 cm³/mol. The van der Waals surface area contributed by atoms with Crippen molar-refractivity contribution in [1.29, 1.82) is 0 Å². The molecule has 1 heterocycles. The van der Waals surface area contributed by atoms with Crippen LogP contribution in [0, 0.1) is 0 Å². The Morgan fingerprint density at radius 2 is 1.91 bits per heavy atom. The first-order valence-electron chi connectivity index (χ1n) is 7.18. The number of primary amides is 1. The molecule has 0 radical (unpaired) electrons. The van der Waals surface area contributed by atoms with E-state index in [4.69, 9.17) is 28.9 Å². The van der Waals surface area contributed by atoms with Crippen LogP contribution in [0.25, 0.3) is 0 Å². The highest BCUT2D eigenvalue weighted by Crippen LogP contribution is 2.38. The number of halogens is 2. The second-order valence-electron chi connectivity index (χ2n) is 5.33. The van der Waals surface area contributed by atoms with Gasteiger partial charge in [0.1, 0.15) is 5.00 Å². The summed E-state index contributed by atoms with van der Waals surface area (Å²) < 4.78 is 0. The Balaban J connectivity index is 1.97. The summed E-state index contributed by atoms with van der Waals surface area (Å²) in [5.41, 5.74) is 7.19. The van der Waals surface area contributed by atoms with Gasteiger partial charge in [0.25, 0.3) is 11.8 Å². The van der Waals surface area contributed by atoms with E-state index in [0.29, 0.717) is 15.6 Å². The Bertz CT molecular complexity index is 802. The minimum Gasteiger partial charge on any atom is -0.365 e. The van der Waals surface area contributed by atoms with Gasteiger partial charge in [-0.2, -0.15) is 0 Å². The molecule has 0 fully saturated rings. The number of aryl methyl sites for hydroxylation is 1. The lowest BCUT2D eigenvalue weighted by atomic mass is 9.95. The van der Waals surface area contributed by atoms with Gasteiger partial charge in [-0.15, -0.1) is 11.3 Å². The number of hydrogen-bond acceptors (Lipinski definition) is 3. The van der Waals surface area contributed by atoms with Crippen LogP contribution in [0.1, 0.15) is 44.0 Å². The van der Waals surface area contributed by atoms with E-state index in [1.165, 1.54) is 11.3 Å². The topological polar surface area (TPSA) is 72.2 Å². The number of fused-ring (bicyclic) bond motifs is 1. The van der Waals surface area contributed by atoms with E-state index in [1.807, 2.05) is 0 Å². The van der Waals surface area contributed by atoms with Crippen LogP contribution in [0.5, 0.6) is 0 Å². The summed E-state index contributed by atoms with van der Waals surface area (Å²) >= 11 is 13.4. The number of amides is 2. The third-order valence-corrected chi connectivity index (χ3v) is 5.87. The van der Waals surface area contributed by atoms with Gasteiger partial charge in [-0.05, 0) is 43.4 Å². The Morgan fingerprint density at radius 1 is 1.17 bits per heavy atom. The maximum absolute atomic E-state index is 12.5. The van der Waals surface area contributed by atoms with E-state index >= 15 is 0 Å². The van der Waals surface area contributed by atoms with E-state index in [0.717, 1.165) is 36.1 Å². The first-order chi connectivity index (χ1) is 11.0. The van der Waals surface area contributed by atoms with Crippen molar-refractivity contribution in [3.8, 4) is 0 Å². The molecule has 7 heteroatoms. The van der Waals surface area contributed by atoms with Crippen molar-refractivity contribution in [3.05, 3.63) is 49.8 Å². The van der Waals surface area contributed by atoms with Crippen LogP contribution < -0.4 is 11.1 Å². The zero-order valence-electron chi connectivity index (χ0n) is 12.1.